The van der Waals surface area contributed by atoms with Gasteiger partial charge in [0.05, 0.1) is 12.2 Å². The Hall–Kier alpha value is -0.670. The summed E-state index contributed by atoms with van der Waals surface area (Å²) in [6, 6.07) is 0. The number of hydrogen-bond donors (Lipinski definition) is 2. The summed E-state index contributed by atoms with van der Waals surface area (Å²) in [6.07, 6.45) is 12.5. The molecule has 3 aliphatic rings. The topological polar surface area (TPSA) is 57.5 Å². The van der Waals surface area contributed by atoms with Gasteiger partial charge in [0.25, 0.3) is 0 Å². The van der Waals surface area contributed by atoms with Crippen LogP contribution < -0.4 is 0 Å². The molecule has 0 bridgehead atoms. The number of hydrogen-bond acceptors (Lipinski definition) is 3. The first kappa shape index (κ1) is 16.2. The fraction of sp³-hybridized carbons (Fsp3) is 0.842. The van der Waals surface area contributed by atoms with Gasteiger partial charge < -0.3 is 10.2 Å². The number of aliphatic hydroxyl groups is 2. The van der Waals surface area contributed by atoms with Gasteiger partial charge in [0, 0.05) is 17.8 Å². The Labute approximate surface area is 133 Å². The van der Waals surface area contributed by atoms with Gasteiger partial charge in [0.2, 0.25) is 0 Å². The molecule has 3 saturated carbocycles. The van der Waals surface area contributed by atoms with Crippen LogP contribution in [-0.4, -0.2) is 28.2 Å². The molecule has 22 heavy (non-hydrogen) atoms. The van der Waals surface area contributed by atoms with Crippen molar-refractivity contribution in [2.45, 2.75) is 76.9 Å². The third kappa shape index (κ3) is 3.03. The summed E-state index contributed by atoms with van der Waals surface area (Å²) in [5, 5.41) is 20.6. The summed E-state index contributed by atoms with van der Waals surface area (Å²) in [7, 11) is 0. The standard InChI is InChI=1S/C19H30O3/c1-19-10-9-17(21)15(16(19)12-18(19)22)8-7-14(20)11-13-5-3-2-4-6-13/h7-8,13-17,20-21H,2-6,9-12H2,1H3/b8-7+/t14-,15+,16+,17+,19-/m1/s1. The van der Waals surface area contributed by atoms with E-state index >= 15 is 0 Å². The smallest absolute Gasteiger partial charge is 0.139 e. The molecule has 3 rings (SSSR count). The van der Waals surface area contributed by atoms with Gasteiger partial charge in [0.1, 0.15) is 5.78 Å². The third-order valence-corrected chi connectivity index (χ3v) is 6.58. The van der Waals surface area contributed by atoms with Crippen LogP contribution in [0.2, 0.25) is 0 Å². The van der Waals surface area contributed by atoms with E-state index in [1.807, 2.05) is 12.2 Å². The van der Waals surface area contributed by atoms with Crippen LogP contribution in [0.4, 0.5) is 0 Å². The van der Waals surface area contributed by atoms with Crippen LogP contribution in [0.1, 0.15) is 64.7 Å². The van der Waals surface area contributed by atoms with Gasteiger partial charge in [-0.3, -0.25) is 4.79 Å². The first-order valence-electron chi connectivity index (χ1n) is 9.08. The Morgan fingerprint density at radius 1 is 1.27 bits per heavy atom. The van der Waals surface area contributed by atoms with Crippen molar-refractivity contribution in [2.24, 2.45) is 23.2 Å². The molecule has 5 atom stereocenters. The van der Waals surface area contributed by atoms with Gasteiger partial charge >= 0.3 is 0 Å². The minimum atomic E-state index is -0.403. The van der Waals surface area contributed by atoms with Crippen molar-refractivity contribution >= 4 is 5.78 Å². The molecule has 0 unspecified atom stereocenters. The Morgan fingerprint density at radius 2 is 2.00 bits per heavy atom. The SMILES string of the molecule is C[C@@]12CC[C@H](O)[C@@H](/C=C/[C@@H](O)CC3CCCCC3)[C@@H]1CC2=O. The zero-order chi connectivity index (χ0) is 15.7. The van der Waals surface area contributed by atoms with E-state index in [0.29, 0.717) is 24.5 Å². The van der Waals surface area contributed by atoms with E-state index in [1.54, 1.807) is 0 Å². The number of aliphatic hydroxyl groups excluding tert-OH is 2. The predicted octanol–water partition coefficient (Wildman–Crippen LogP) is 3.24. The van der Waals surface area contributed by atoms with Crippen molar-refractivity contribution in [1.82, 2.24) is 0 Å². The van der Waals surface area contributed by atoms with Gasteiger partial charge in [0.15, 0.2) is 0 Å². The van der Waals surface area contributed by atoms with Crippen LogP contribution in [0.15, 0.2) is 12.2 Å². The van der Waals surface area contributed by atoms with Gasteiger partial charge in [-0.25, -0.2) is 0 Å². The molecular formula is C19H30O3. The van der Waals surface area contributed by atoms with E-state index in [0.717, 1.165) is 12.8 Å². The highest BCUT2D eigenvalue weighted by molar-refractivity contribution is 5.91. The van der Waals surface area contributed by atoms with Crippen molar-refractivity contribution in [3.8, 4) is 0 Å². The van der Waals surface area contributed by atoms with Crippen LogP contribution in [0.25, 0.3) is 0 Å². The highest BCUT2D eigenvalue weighted by Gasteiger charge is 2.57. The van der Waals surface area contributed by atoms with E-state index in [4.69, 9.17) is 0 Å². The normalized spacial score (nSPS) is 41.2. The molecule has 3 fully saturated rings. The van der Waals surface area contributed by atoms with Crippen molar-refractivity contribution in [2.75, 3.05) is 0 Å². The maximum absolute atomic E-state index is 11.9. The van der Waals surface area contributed by atoms with Gasteiger partial charge in [-0.05, 0) is 31.1 Å². The van der Waals surface area contributed by atoms with Gasteiger partial charge in [-0.1, -0.05) is 51.2 Å². The van der Waals surface area contributed by atoms with Crippen LogP contribution in [-0.2, 0) is 4.79 Å². The van der Waals surface area contributed by atoms with Crippen LogP contribution in [0.5, 0.6) is 0 Å². The summed E-state index contributed by atoms with van der Waals surface area (Å²) < 4.78 is 0. The molecule has 0 aliphatic heterocycles. The number of fused-ring (bicyclic) bond motifs is 1. The van der Waals surface area contributed by atoms with E-state index in [-0.39, 0.29) is 23.4 Å². The number of Topliss-reactive ketones (excluding diaryl/α,β-unsaturated/α-hetero) is 1. The molecule has 0 aromatic rings. The molecule has 3 heteroatoms. The highest BCUT2D eigenvalue weighted by Crippen LogP contribution is 2.55. The Kier molecular flexibility index (Phi) is 4.75. The van der Waals surface area contributed by atoms with Crippen LogP contribution in [0.3, 0.4) is 0 Å². The fourth-order valence-corrected chi connectivity index (χ4v) is 4.89. The van der Waals surface area contributed by atoms with Crippen molar-refractivity contribution < 1.29 is 15.0 Å². The average Bonchev–Trinajstić information content (AvgIpc) is 2.51. The molecule has 0 radical (unpaired) electrons. The summed E-state index contributed by atoms with van der Waals surface area (Å²) in [5.74, 6) is 1.31. The summed E-state index contributed by atoms with van der Waals surface area (Å²) in [4.78, 5) is 11.9. The van der Waals surface area contributed by atoms with E-state index < -0.39 is 6.10 Å². The molecular weight excluding hydrogens is 276 g/mol. The summed E-state index contributed by atoms with van der Waals surface area (Å²) >= 11 is 0. The molecule has 0 aromatic carbocycles. The van der Waals surface area contributed by atoms with Gasteiger partial charge in [-0.15, -0.1) is 0 Å². The van der Waals surface area contributed by atoms with E-state index in [9.17, 15) is 15.0 Å². The average molecular weight is 306 g/mol. The van der Waals surface area contributed by atoms with Crippen LogP contribution >= 0.6 is 0 Å². The minimum absolute atomic E-state index is 0.0393. The molecule has 0 saturated heterocycles. The van der Waals surface area contributed by atoms with Crippen molar-refractivity contribution in [1.29, 1.82) is 0 Å². The molecule has 0 amide bonds. The minimum Gasteiger partial charge on any atom is -0.393 e. The second-order valence-corrected chi connectivity index (χ2v) is 8.03. The zero-order valence-corrected chi connectivity index (χ0v) is 13.7. The first-order valence-corrected chi connectivity index (χ1v) is 9.08. The first-order chi connectivity index (χ1) is 10.5. The summed E-state index contributed by atoms with van der Waals surface area (Å²) in [5.41, 5.74) is -0.220. The second-order valence-electron chi connectivity index (χ2n) is 8.03. The molecule has 2 N–H and O–H groups in total. The van der Waals surface area contributed by atoms with E-state index in [2.05, 4.69) is 6.92 Å². The number of rotatable bonds is 4. The quantitative estimate of drug-likeness (QED) is 0.784. The van der Waals surface area contributed by atoms with Crippen molar-refractivity contribution in [3.63, 3.8) is 0 Å². The monoisotopic (exact) mass is 306 g/mol. The summed E-state index contributed by atoms with van der Waals surface area (Å²) in [6.45, 7) is 2.05. The molecule has 0 aromatic heterocycles. The lowest BCUT2D eigenvalue weighted by Gasteiger charge is -2.53. The number of carbonyl (C=O) groups excluding carboxylic acids is 1. The van der Waals surface area contributed by atoms with Crippen LogP contribution in [0, 0.1) is 23.2 Å². The lowest BCUT2D eigenvalue weighted by atomic mass is 9.50. The Balaban J connectivity index is 1.57. The molecule has 0 spiro atoms. The van der Waals surface area contributed by atoms with E-state index in [1.165, 1.54) is 32.1 Å². The lowest BCUT2D eigenvalue weighted by Crippen LogP contribution is -2.56. The maximum atomic E-state index is 11.9. The number of carbonyl (C=O) groups is 1. The third-order valence-electron chi connectivity index (χ3n) is 6.58. The highest BCUT2D eigenvalue weighted by atomic mass is 16.3. The lowest BCUT2D eigenvalue weighted by molar-refractivity contribution is -0.157. The zero-order valence-electron chi connectivity index (χ0n) is 13.7. The molecule has 3 nitrogen and oxygen atoms in total. The number of ketones is 1. The molecule has 124 valence electrons. The second kappa shape index (κ2) is 6.45. The molecule has 3 aliphatic carbocycles. The Bertz CT molecular complexity index is 438. The Morgan fingerprint density at radius 3 is 2.68 bits per heavy atom. The molecule has 0 heterocycles. The largest absolute Gasteiger partial charge is 0.393 e. The maximum Gasteiger partial charge on any atom is 0.139 e. The predicted molar refractivity (Wildman–Crippen MR) is 86.3 cm³/mol. The van der Waals surface area contributed by atoms with Crippen molar-refractivity contribution in [3.05, 3.63) is 12.2 Å². The fourth-order valence-electron chi connectivity index (χ4n) is 4.89. The van der Waals surface area contributed by atoms with Gasteiger partial charge in [-0.2, -0.15) is 0 Å².